The summed E-state index contributed by atoms with van der Waals surface area (Å²) in [5.41, 5.74) is 0. The third-order valence-corrected chi connectivity index (χ3v) is 5.08. The van der Waals surface area contributed by atoms with Crippen LogP contribution in [0.4, 0.5) is 0 Å². The van der Waals surface area contributed by atoms with Crippen LogP contribution >= 0.6 is 0 Å². The van der Waals surface area contributed by atoms with Gasteiger partial charge in [-0.15, -0.1) is 0 Å². The summed E-state index contributed by atoms with van der Waals surface area (Å²) in [5, 5.41) is 18.6. The van der Waals surface area contributed by atoms with Gasteiger partial charge in [-0.3, -0.25) is 4.68 Å². The quantitative estimate of drug-likeness (QED) is 0.855. The van der Waals surface area contributed by atoms with Crippen molar-refractivity contribution in [1.29, 1.82) is 0 Å². The number of ether oxygens (including phenoxy) is 2. The average molecular weight is 293 g/mol. The van der Waals surface area contributed by atoms with Gasteiger partial charge in [0.05, 0.1) is 18.8 Å². The highest BCUT2D eigenvalue weighted by atomic mass is 16.7. The van der Waals surface area contributed by atoms with Crippen molar-refractivity contribution >= 4 is 0 Å². The molecule has 5 atom stereocenters. The molecule has 1 aromatic rings. The predicted octanol–water partition coefficient (Wildman–Crippen LogP) is 0.689. The number of fused-ring (bicyclic) bond motifs is 2. The first-order valence-corrected chi connectivity index (χ1v) is 8.00. The molecule has 1 saturated carbocycles. The van der Waals surface area contributed by atoms with Gasteiger partial charge < -0.3 is 19.9 Å². The summed E-state index contributed by atoms with van der Waals surface area (Å²) >= 11 is 0. The molecule has 0 spiro atoms. The Kier molecular flexibility index (Phi) is 3.71. The summed E-state index contributed by atoms with van der Waals surface area (Å²) in [7, 11) is 0. The highest BCUT2D eigenvalue weighted by Crippen LogP contribution is 2.35. The molecule has 21 heavy (non-hydrogen) atoms. The maximum atomic E-state index is 10.8. The summed E-state index contributed by atoms with van der Waals surface area (Å²) < 4.78 is 13.4. The number of nitrogens with one attached hydrogen (secondary N) is 1. The summed E-state index contributed by atoms with van der Waals surface area (Å²) in [6.07, 6.45) is 7.83. The molecule has 2 saturated heterocycles. The lowest BCUT2D eigenvalue weighted by Crippen LogP contribution is -2.58. The maximum absolute atomic E-state index is 10.8. The molecule has 5 unspecified atom stereocenters. The van der Waals surface area contributed by atoms with Gasteiger partial charge in [-0.2, -0.15) is 5.10 Å². The Morgan fingerprint density at radius 2 is 2.19 bits per heavy atom. The van der Waals surface area contributed by atoms with E-state index < -0.39 is 12.4 Å². The van der Waals surface area contributed by atoms with E-state index in [1.54, 1.807) is 10.9 Å². The molecule has 1 aliphatic carbocycles. The van der Waals surface area contributed by atoms with E-state index in [-0.39, 0.29) is 18.2 Å². The van der Waals surface area contributed by atoms with Crippen molar-refractivity contribution in [2.24, 2.45) is 5.92 Å². The zero-order valence-corrected chi connectivity index (χ0v) is 12.1. The second-order valence-corrected chi connectivity index (χ2v) is 6.43. The lowest BCUT2D eigenvalue weighted by molar-refractivity contribution is -0.168. The van der Waals surface area contributed by atoms with Crippen LogP contribution < -0.4 is 5.32 Å². The molecule has 0 aromatic carbocycles. The topological polar surface area (TPSA) is 68.5 Å². The minimum atomic E-state index is -0.544. The molecule has 0 amide bonds. The van der Waals surface area contributed by atoms with Gasteiger partial charge in [-0.1, -0.05) is 12.8 Å². The number of aliphatic hydroxyl groups is 1. The highest BCUT2D eigenvalue weighted by molar-refractivity contribution is 5.00. The van der Waals surface area contributed by atoms with Gasteiger partial charge in [-0.05, 0) is 31.4 Å². The molecule has 6 nitrogen and oxygen atoms in total. The third-order valence-electron chi connectivity index (χ3n) is 5.08. The molecule has 3 fully saturated rings. The van der Waals surface area contributed by atoms with Crippen LogP contribution in [-0.4, -0.2) is 52.6 Å². The van der Waals surface area contributed by atoms with E-state index in [1.807, 2.05) is 12.3 Å². The van der Waals surface area contributed by atoms with Crippen molar-refractivity contribution in [2.45, 2.75) is 56.3 Å². The van der Waals surface area contributed by atoms with E-state index in [4.69, 9.17) is 9.47 Å². The van der Waals surface area contributed by atoms with E-state index in [1.165, 1.54) is 25.7 Å². The molecule has 4 rings (SSSR count). The number of hydrogen-bond donors (Lipinski definition) is 2. The van der Waals surface area contributed by atoms with Gasteiger partial charge in [0, 0.05) is 12.4 Å². The molecular weight excluding hydrogens is 270 g/mol. The fourth-order valence-corrected chi connectivity index (χ4v) is 3.91. The van der Waals surface area contributed by atoms with Gasteiger partial charge in [0.2, 0.25) is 0 Å². The van der Waals surface area contributed by atoms with Crippen molar-refractivity contribution in [3.8, 4) is 0 Å². The number of nitrogens with zero attached hydrogens (tertiary/aromatic N) is 2. The zero-order valence-electron chi connectivity index (χ0n) is 12.1. The Morgan fingerprint density at radius 1 is 1.33 bits per heavy atom. The van der Waals surface area contributed by atoms with Crippen LogP contribution in [0.25, 0.3) is 0 Å². The fraction of sp³-hybridized carbons (Fsp3) is 0.800. The van der Waals surface area contributed by atoms with Crippen LogP contribution in [0.3, 0.4) is 0 Å². The second kappa shape index (κ2) is 5.68. The lowest BCUT2D eigenvalue weighted by Gasteiger charge is -2.39. The summed E-state index contributed by atoms with van der Waals surface area (Å²) in [4.78, 5) is 0. The molecule has 116 valence electrons. The molecule has 0 radical (unpaired) electrons. The van der Waals surface area contributed by atoms with Gasteiger partial charge in [-0.25, -0.2) is 0 Å². The van der Waals surface area contributed by atoms with Crippen LogP contribution in [0.5, 0.6) is 0 Å². The summed E-state index contributed by atoms with van der Waals surface area (Å²) in [5.74, 6) is 0.736. The Labute approximate surface area is 124 Å². The van der Waals surface area contributed by atoms with Crippen molar-refractivity contribution in [3.63, 3.8) is 0 Å². The first-order valence-electron chi connectivity index (χ1n) is 8.00. The number of aromatic nitrogens is 2. The minimum Gasteiger partial charge on any atom is -0.389 e. The van der Waals surface area contributed by atoms with E-state index in [0.29, 0.717) is 6.61 Å². The Hall–Kier alpha value is -0.950. The smallest absolute Gasteiger partial charge is 0.183 e. The van der Waals surface area contributed by atoms with Crippen molar-refractivity contribution < 1.29 is 14.6 Å². The zero-order chi connectivity index (χ0) is 14.2. The molecule has 3 aliphatic rings. The molecular formula is C15H23N3O3. The van der Waals surface area contributed by atoms with Crippen LogP contribution in [0.15, 0.2) is 18.5 Å². The minimum absolute atomic E-state index is 0.0572. The van der Waals surface area contributed by atoms with Crippen LogP contribution in [0.2, 0.25) is 0 Å². The first-order chi connectivity index (χ1) is 10.3. The first kappa shape index (κ1) is 13.7. The summed E-state index contributed by atoms with van der Waals surface area (Å²) in [6, 6.07) is 1.49. The molecule has 3 heterocycles. The fourth-order valence-electron chi connectivity index (χ4n) is 3.91. The third kappa shape index (κ3) is 2.50. The van der Waals surface area contributed by atoms with Crippen LogP contribution in [-0.2, 0) is 9.47 Å². The normalized spacial score (nSPS) is 40.0. The van der Waals surface area contributed by atoms with E-state index in [2.05, 4.69) is 10.4 Å². The largest absolute Gasteiger partial charge is 0.389 e. The predicted molar refractivity (Wildman–Crippen MR) is 75.6 cm³/mol. The van der Waals surface area contributed by atoms with Gasteiger partial charge in [0.25, 0.3) is 0 Å². The van der Waals surface area contributed by atoms with Crippen molar-refractivity contribution in [1.82, 2.24) is 15.1 Å². The van der Waals surface area contributed by atoms with E-state index in [9.17, 15) is 5.11 Å². The van der Waals surface area contributed by atoms with E-state index in [0.717, 1.165) is 12.5 Å². The van der Waals surface area contributed by atoms with Gasteiger partial charge >= 0.3 is 0 Å². The van der Waals surface area contributed by atoms with Crippen molar-refractivity contribution in [2.75, 3.05) is 13.2 Å². The Balaban J connectivity index is 1.47. The highest BCUT2D eigenvalue weighted by Gasteiger charge is 2.51. The molecule has 2 aliphatic heterocycles. The van der Waals surface area contributed by atoms with Gasteiger partial charge in [0.1, 0.15) is 12.1 Å². The maximum Gasteiger partial charge on any atom is 0.183 e. The average Bonchev–Trinajstić information content (AvgIpc) is 3.20. The Morgan fingerprint density at radius 3 is 2.95 bits per heavy atom. The number of hydrogen-bond acceptors (Lipinski definition) is 5. The summed E-state index contributed by atoms with van der Waals surface area (Å²) in [6.45, 7) is 1.50. The molecule has 2 N–H and O–H groups in total. The van der Waals surface area contributed by atoms with Crippen LogP contribution in [0, 0.1) is 5.92 Å². The molecule has 2 bridgehead atoms. The molecule has 6 heteroatoms. The Bertz CT molecular complexity index is 461. The van der Waals surface area contributed by atoms with Crippen molar-refractivity contribution in [3.05, 3.63) is 18.5 Å². The lowest BCUT2D eigenvalue weighted by atomic mass is 9.95. The number of aliphatic hydroxyl groups excluding tert-OH is 1. The number of rotatable bonds is 4. The standard InChI is InChI=1S/C15H23N3O3/c19-14-12(16-8-10-4-1-2-5-10)11-9-20-15(21-11)13(14)18-7-3-6-17-18/h3,6-7,10-16,19H,1-2,4-5,8-9H2. The second-order valence-electron chi connectivity index (χ2n) is 6.43. The SMILES string of the molecule is OC1C(NCC2CCCC2)C2COC(O2)C1n1cccn1. The molecule has 1 aromatic heterocycles. The van der Waals surface area contributed by atoms with Crippen LogP contribution in [0.1, 0.15) is 31.7 Å². The van der Waals surface area contributed by atoms with E-state index >= 15 is 0 Å². The monoisotopic (exact) mass is 293 g/mol. The van der Waals surface area contributed by atoms with Gasteiger partial charge in [0.15, 0.2) is 6.29 Å².